The summed E-state index contributed by atoms with van der Waals surface area (Å²) in [5.74, 6) is 0.465. The van der Waals surface area contributed by atoms with Crippen molar-refractivity contribution < 1.29 is 13.2 Å². The molecule has 106 valence electrons. The molecule has 0 aromatic rings. The number of piperidine rings is 1. The van der Waals surface area contributed by atoms with Crippen LogP contribution in [0.4, 0.5) is 13.2 Å². The van der Waals surface area contributed by atoms with Crippen molar-refractivity contribution in [2.45, 2.75) is 69.8 Å². The van der Waals surface area contributed by atoms with Crippen LogP contribution in [0.5, 0.6) is 0 Å². The Kier molecular flexibility index (Phi) is 4.22. The Labute approximate surface area is 107 Å². The first kappa shape index (κ1) is 14.1. The van der Waals surface area contributed by atoms with Crippen molar-refractivity contribution in [2.75, 3.05) is 6.54 Å². The Bertz CT molecular complexity index is 280. The second-order valence-corrected chi connectivity index (χ2v) is 5.70. The van der Waals surface area contributed by atoms with E-state index >= 15 is 0 Å². The van der Waals surface area contributed by atoms with Gasteiger partial charge in [-0.2, -0.15) is 13.2 Å². The van der Waals surface area contributed by atoms with E-state index in [2.05, 4.69) is 0 Å². The number of alkyl halides is 3. The van der Waals surface area contributed by atoms with E-state index in [-0.39, 0.29) is 6.04 Å². The second-order valence-electron chi connectivity index (χ2n) is 5.70. The number of rotatable bonds is 3. The van der Waals surface area contributed by atoms with E-state index in [0.717, 1.165) is 32.1 Å². The summed E-state index contributed by atoms with van der Waals surface area (Å²) >= 11 is 0. The molecule has 2 N–H and O–H groups in total. The van der Waals surface area contributed by atoms with Crippen molar-refractivity contribution in [3.8, 4) is 0 Å². The zero-order chi connectivity index (χ0) is 13.3. The van der Waals surface area contributed by atoms with Crippen LogP contribution in [-0.2, 0) is 0 Å². The molecule has 2 nitrogen and oxygen atoms in total. The molecule has 1 heterocycles. The van der Waals surface area contributed by atoms with E-state index in [1.54, 1.807) is 11.8 Å². The number of likely N-dealkylation sites (tertiary alicyclic amines) is 1. The fourth-order valence-electron chi connectivity index (χ4n) is 3.74. The maximum Gasteiger partial charge on any atom is 0.405 e. The smallest absolute Gasteiger partial charge is 0.326 e. The van der Waals surface area contributed by atoms with Crippen molar-refractivity contribution in [1.29, 1.82) is 0 Å². The minimum absolute atomic E-state index is 0.114. The lowest BCUT2D eigenvalue weighted by atomic mass is 9.89. The van der Waals surface area contributed by atoms with Crippen LogP contribution in [0.1, 0.15) is 45.4 Å². The zero-order valence-corrected chi connectivity index (χ0v) is 10.9. The van der Waals surface area contributed by atoms with Crippen LogP contribution >= 0.6 is 0 Å². The summed E-state index contributed by atoms with van der Waals surface area (Å²) in [4.78, 5) is 1.68. The second kappa shape index (κ2) is 5.37. The minimum Gasteiger partial charge on any atom is -0.326 e. The first-order valence-corrected chi connectivity index (χ1v) is 7.03. The molecule has 4 atom stereocenters. The summed E-state index contributed by atoms with van der Waals surface area (Å²) in [5.41, 5.74) is 5.76. The van der Waals surface area contributed by atoms with Gasteiger partial charge in [0.25, 0.3) is 0 Å². The highest BCUT2D eigenvalue weighted by atomic mass is 19.4. The van der Waals surface area contributed by atoms with Crippen LogP contribution in [0.2, 0.25) is 0 Å². The molecule has 1 saturated heterocycles. The number of hydrogen-bond donors (Lipinski definition) is 1. The lowest BCUT2D eigenvalue weighted by molar-refractivity contribution is -0.200. The van der Waals surface area contributed by atoms with Gasteiger partial charge in [0.1, 0.15) is 6.04 Å². The number of fused-ring (bicyclic) bond motifs is 1. The number of nitrogens with two attached hydrogens (primary N) is 1. The minimum atomic E-state index is -4.21. The quantitative estimate of drug-likeness (QED) is 0.849. The summed E-state index contributed by atoms with van der Waals surface area (Å²) in [6.45, 7) is 2.29. The van der Waals surface area contributed by atoms with Gasteiger partial charge >= 0.3 is 6.18 Å². The normalized spacial score (nSPS) is 33.2. The fourth-order valence-corrected chi connectivity index (χ4v) is 3.74. The summed E-state index contributed by atoms with van der Waals surface area (Å²) < 4.78 is 39.8. The van der Waals surface area contributed by atoms with Crippen LogP contribution in [0, 0.1) is 5.92 Å². The van der Waals surface area contributed by atoms with Crippen LogP contribution < -0.4 is 5.73 Å². The Morgan fingerprint density at radius 2 is 1.89 bits per heavy atom. The first-order valence-electron chi connectivity index (χ1n) is 7.03. The molecule has 18 heavy (non-hydrogen) atoms. The lowest BCUT2D eigenvalue weighted by Crippen LogP contribution is -2.61. The Balaban J connectivity index is 2.19. The predicted molar refractivity (Wildman–Crippen MR) is 65.2 cm³/mol. The molecule has 0 radical (unpaired) electrons. The average molecular weight is 264 g/mol. The molecule has 2 fully saturated rings. The first-order chi connectivity index (χ1) is 8.45. The SMILES string of the molecule is CCC(N)C(N1CCCC2CCCC21)C(F)(F)F. The highest BCUT2D eigenvalue weighted by molar-refractivity contribution is 4.97. The molecule has 0 aromatic carbocycles. The Hall–Kier alpha value is -0.290. The van der Waals surface area contributed by atoms with Gasteiger partial charge in [-0.3, -0.25) is 4.90 Å². The van der Waals surface area contributed by atoms with Gasteiger partial charge in [-0.25, -0.2) is 0 Å². The summed E-state index contributed by atoms with van der Waals surface area (Å²) in [6.07, 6.45) is 1.20. The summed E-state index contributed by atoms with van der Waals surface area (Å²) in [7, 11) is 0. The molecule has 4 unspecified atom stereocenters. The van der Waals surface area contributed by atoms with Gasteiger partial charge in [0.05, 0.1) is 0 Å². The van der Waals surface area contributed by atoms with Crippen LogP contribution in [0.25, 0.3) is 0 Å². The molecule has 5 heteroatoms. The largest absolute Gasteiger partial charge is 0.405 e. The molecular formula is C13H23F3N2. The summed E-state index contributed by atoms with van der Waals surface area (Å²) in [5, 5.41) is 0. The van der Waals surface area contributed by atoms with E-state index in [1.807, 2.05) is 0 Å². The lowest BCUT2D eigenvalue weighted by Gasteiger charge is -2.45. The molecule has 0 amide bonds. The van der Waals surface area contributed by atoms with Crippen molar-refractivity contribution in [2.24, 2.45) is 11.7 Å². The molecule has 0 aromatic heterocycles. The standard InChI is InChI=1S/C13H23F3N2/c1-2-10(17)12(13(14,15)16)18-8-4-6-9-5-3-7-11(9)18/h9-12H,2-8,17H2,1H3. The highest BCUT2D eigenvalue weighted by Gasteiger charge is 2.51. The van der Waals surface area contributed by atoms with Gasteiger partial charge in [0, 0.05) is 12.1 Å². The zero-order valence-electron chi connectivity index (χ0n) is 10.9. The van der Waals surface area contributed by atoms with Crippen LogP contribution in [0.15, 0.2) is 0 Å². The van der Waals surface area contributed by atoms with Gasteiger partial charge < -0.3 is 5.73 Å². The molecule has 1 aliphatic carbocycles. The maximum absolute atomic E-state index is 13.3. The molecule has 1 aliphatic heterocycles. The maximum atomic E-state index is 13.3. The van der Waals surface area contributed by atoms with Gasteiger partial charge in [-0.15, -0.1) is 0 Å². The average Bonchev–Trinajstić information content (AvgIpc) is 2.76. The third-order valence-electron chi connectivity index (χ3n) is 4.61. The van der Waals surface area contributed by atoms with Crippen molar-refractivity contribution in [3.05, 3.63) is 0 Å². The van der Waals surface area contributed by atoms with Gasteiger partial charge in [0.2, 0.25) is 0 Å². The van der Waals surface area contributed by atoms with Crippen molar-refractivity contribution in [1.82, 2.24) is 4.90 Å². The van der Waals surface area contributed by atoms with Crippen LogP contribution in [0.3, 0.4) is 0 Å². The van der Waals surface area contributed by atoms with Crippen molar-refractivity contribution in [3.63, 3.8) is 0 Å². The molecule has 2 rings (SSSR count). The molecule has 0 spiro atoms. The molecule has 2 aliphatic rings. The van der Waals surface area contributed by atoms with Gasteiger partial charge in [-0.1, -0.05) is 13.3 Å². The van der Waals surface area contributed by atoms with E-state index in [1.165, 1.54) is 0 Å². The predicted octanol–water partition coefficient (Wildman–Crippen LogP) is 2.92. The number of halogens is 3. The highest BCUT2D eigenvalue weighted by Crippen LogP contribution is 2.41. The Morgan fingerprint density at radius 3 is 2.50 bits per heavy atom. The molecule has 1 saturated carbocycles. The van der Waals surface area contributed by atoms with Gasteiger partial charge in [0.15, 0.2) is 0 Å². The number of nitrogens with zero attached hydrogens (tertiary/aromatic N) is 1. The van der Waals surface area contributed by atoms with E-state index < -0.39 is 18.3 Å². The van der Waals surface area contributed by atoms with E-state index in [4.69, 9.17) is 5.73 Å². The van der Waals surface area contributed by atoms with E-state index in [9.17, 15) is 13.2 Å². The Morgan fingerprint density at radius 1 is 1.22 bits per heavy atom. The topological polar surface area (TPSA) is 29.3 Å². The summed E-state index contributed by atoms with van der Waals surface area (Å²) in [6, 6.07) is -2.14. The van der Waals surface area contributed by atoms with Crippen molar-refractivity contribution >= 4 is 0 Å². The molecular weight excluding hydrogens is 241 g/mol. The molecule has 0 bridgehead atoms. The fraction of sp³-hybridized carbons (Fsp3) is 1.00. The third-order valence-corrected chi connectivity index (χ3v) is 4.61. The number of hydrogen-bond acceptors (Lipinski definition) is 2. The van der Waals surface area contributed by atoms with E-state index in [0.29, 0.717) is 18.9 Å². The monoisotopic (exact) mass is 264 g/mol. The third kappa shape index (κ3) is 2.67. The van der Waals surface area contributed by atoms with Crippen LogP contribution in [-0.4, -0.2) is 35.7 Å². The van der Waals surface area contributed by atoms with Gasteiger partial charge in [-0.05, 0) is 44.6 Å².